The summed E-state index contributed by atoms with van der Waals surface area (Å²) < 4.78 is 26.3. The summed E-state index contributed by atoms with van der Waals surface area (Å²) in [6.45, 7) is 1.68. The molecule has 0 atom stereocenters. The van der Waals surface area contributed by atoms with E-state index in [4.69, 9.17) is 23.2 Å². The second kappa shape index (κ2) is 5.73. The molecular weight excluding hydrogens is 341 g/mol. The summed E-state index contributed by atoms with van der Waals surface area (Å²) in [4.78, 5) is 12.0. The van der Waals surface area contributed by atoms with Crippen LogP contribution in [0, 0.1) is 6.92 Å². The third-order valence-corrected chi connectivity index (χ3v) is 5.76. The highest BCUT2D eigenvalue weighted by atomic mass is 35.5. The molecule has 0 radical (unpaired) electrons. The minimum atomic E-state index is -3.91. The maximum absolute atomic E-state index is 12.0. The average molecular weight is 350 g/mol. The maximum atomic E-state index is 12.0. The maximum Gasteiger partial charge on any atom is 0.273 e. The summed E-state index contributed by atoms with van der Waals surface area (Å²) >= 11 is 12.4. The lowest BCUT2D eigenvalue weighted by atomic mass is 10.1. The highest BCUT2D eigenvalue weighted by Crippen LogP contribution is 2.25. The van der Waals surface area contributed by atoms with Gasteiger partial charge in [0.25, 0.3) is 15.9 Å². The van der Waals surface area contributed by atoms with Gasteiger partial charge < -0.3 is 0 Å². The Morgan fingerprint density at radius 3 is 2.45 bits per heavy atom. The first-order valence-corrected chi connectivity index (χ1v) is 8.44. The van der Waals surface area contributed by atoms with Crippen molar-refractivity contribution in [3.8, 4) is 0 Å². The Hall–Kier alpha value is -1.08. The average Bonchev–Trinajstić information content (AvgIpc) is 2.75. The molecule has 1 heterocycles. The second-order valence-electron chi connectivity index (χ2n) is 3.95. The van der Waals surface area contributed by atoms with Gasteiger partial charge in [-0.05, 0) is 42.8 Å². The van der Waals surface area contributed by atoms with Crippen molar-refractivity contribution in [2.24, 2.45) is 0 Å². The highest BCUT2D eigenvalue weighted by molar-refractivity contribution is 7.92. The Balaban J connectivity index is 2.27. The molecule has 0 saturated heterocycles. The van der Waals surface area contributed by atoms with E-state index in [9.17, 15) is 13.2 Å². The van der Waals surface area contributed by atoms with Crippen LogP contribution in [0.5, 0.6) is 0 Å². The molecule has 0 aliphatic heterocycles. The first kappa shape index (κ1) is 15.3. The molecule has 1 N–H and O–H groups in total. The third kappa shape index (κ3) is 3.32. The number of aryl methyl sites for hydroxylation is 1. The van der Waals surface area contributed by atoms with Gasteiger partial charge in [-0.25, -0.2) is 13.1 Å². The van der Waals surface area contributed by atoms with Gasteiger partial charge in [0.05, 0.1) is 4.34 Å². The normalized spacial score (nSPS) is 11.3. The van der Waals surface area contributed by atoms with Crippen LogP contribution in [-0.2, 0) is 10.0 Å². The summed E-state index contributed by atoms with van der Waals surface area (Å²) in [7, 11) is -3.91. The van der Waals surface area contributed by atoms with Crippen LogP contribution in [0.2, 0.25) is 9.36 Å². The van der Waals surface area contributed by atoms with Crippen LogP contribution in [0.15, 0.2) is 34.5 Å². The fourth-order valence-electron chi connectivity index (χ4n) is 1.55. The quantitative estimate of drug-likeness (QED) is 0.922. The topological polar surface area (TPSA) is 63.2 Å². The van der Waals surface area contributed by atoms with Gasteiger partial charge in [0.2, 0.25) is 0 Å². The first-order valence-electron chi connectivity index (χ1n) is 5.38. The number of benzene rings is 1. The molecule has 2 aromatic rings. The number of halogens is 2. The molecule has 0 aliphatic carbocycles. The smallest absolute Gasteiger partial charge is 0.268 e. The van der Waals surface area contributed by atoms with Crippen LogP contribution >= 0.6 is 34.5 Å². The van der Waals surface area contributed by atoms with Crippen molar-refractivity contribution in [2.75, 3.05) is 0 Å². The van der Waals surface area contributed by atoms with Crippen LogP contribution in [0.1, 0.15) is 15.9 Å². The minimum absolute atomic E-state index is 0.0116. The fraction of sp³-hybridized carbons (Fsp3) is 0.0833. The molecule has 0 unspecified atom stereocenters. The van der Waals surface area contributed by atoms with Crippen LogP contribution in [0.4, 0.5) is 0 Å². The molecule has 106 valence electrons. The second-order valence-corrected chi connectivity index (χ2v) is 8.01. The predicted octanol–water partition coefficient (Wildman–Crippen LogP) is 3.48. The zero-order valence-electron chi connectivity index (χ0n) is 10.2. The Labute approximate surface area is 130 Å². The zero-order valence-corrected chi connectivity index (χ0v) is 13.3. The van der Waals surface area contributed by atoms with Crippen molar-refractivity contribution in [3.05, 3.63) is 50.8 Å². The molecule has 20 heavy (non-hydrogen) atoms. The van der Waals surface area contributed by atoms with E-state index in [1.165, 1.54) is 24.3 Å². The van der Waals surface area contributed by atoms with Crippen LogP contribution in [0.25, 0.3) is 0 Å². The Kier molecular flexibility index (Phi) is 4.39. The molecule has 0 bridgehead atoms. The SMILES string of the molecule is Cc1cc(Cl)ccc1C(=O)NS(=O)(=O)c1ccc(Cl)s1. The Bertz CT molecular complexity index is 769. The van der Waals surface area contributed by atoms with E-state index in [1.807, 2.05) is 4.72 Å². The molecule has 1 amide bonds. The molecular formula is C12H9Cl2NO3S2. The molecule has 0 spiro atoms. The van der Waals surface area contributed by atoms with E-state index in [0.29, 0.717) is 14.9 Å². The standard InChI is InChI=1S/C12H9Cl2NO3S2/c1-7-6-8(13)2-3-9(7)12(16)15-20(17,18)11-5-4-10(14)19-11/h2-6H,1H3,(H,15,16). The van der Waals surface area contributed by atoms with Gasteiger partial charge in [0, 0.05) is 10.6 Å². The van der Waals surface area contributed by atoms with E-state index in [1.54, 1.807) is 13.0 Å². The molecule has 2 rings (SSSR count). The van der Waals surface area contributed by atoms with Gasteiger partial charge in [0.1, 0.15) is 4.21 Å². The summed E-state index contributed by atoms with van der Waals surface area (Å²) in [6.07, 6.45) is 0. The number of amides is 1. The van der Waals surface area contributed by atoms with E-state index < -0.39 is 15.9 Å². The lowest BCUT2D eigenvalue weighted by Crippen LogP contribution is -2.30. The monoisotopic (exact) mass is 349 g/mol. The van der Waals surface area contributed by atoms with Gasteiger partial charge in [-0.3, -0.25) is 4.79 Å². The molecule has 8 heteroatoms. The lowest BCUT2D eigenvalue weighted by Gasteiger charge is -2.07. The van der Waals surface area contributed by atoms with Crippen LogP contribution < -0.4 is 4.72 Å². The summed E-state index contributed by atoms with van der Waals surface area (Å²) in [5, 5.41) is 0.479. The number of nitrogens with one attached hydrogen (secondary N) is 1. The van der Waals surface area contributed by atoms with Gasteiger partial charge in [-0.2, -0.15) is 0 Å². The van der Waals surface area contributed by atoms with Crippen molar-refractivity contribution in [1.82, 2.24) is 4.72 Å². The lowest BCUT2D eigenvalue weighted by molar-refractivity contribution is 0.0981. The van der Waals surface area contributed by atoms with Crippen molar-refractivity contribution in [3.63, 3.8) is 0 Å². The number of sulfonamides is 1. The fourth-order valence-corrected chi connectivity index (χ4v) is 4.23. The highest BCUT2D eigenvalue weighted by Gasteiger charge is 2.21. The first-order chi connectivity index (χ1) is 9.29. The van der Waals surface area contributed by atoms with E-state index >= 15 is 0 Å². The van der Waals surface area contributed by atoms with Crippen LogP contribution in [-0.4, -0.2) is 14.3 Å². The van der Waals surface area contributed by atoms with Gasteiger partial charge in [-0.15, -0.1) is 11.3 Å². The van der Waals surface area contributed by atoms with Crippen LogP contribution in [0.3, 0.4) is 0 Å². The summed E-state index contributed by atoms with van der Waals surface area (Å²) in [6, 6.07) is 7.39. The Morgan fingerprint density at radius 2 is 1.90 bits per heavy atom. The number of carbonyl (C=O) groups is 1. The third-order valence-electron chi connectivity index (χ3n) is 2.47. The molecule has 1 aromatic carbocycles. The summed E-state index contributed by atoms with van der Waals surface area (Å²) in [5.41, 5.74) is 0.843. The molecule has 0 saturated carbocycles. The molecule has 1 aromatic heterocycles. The minimum Gasteiger partial charge on any atom is -0.268 e. The van der Waals surface area contributed by atoms with Crippen molar-refractivity contribution in [1.29, 1.82) is 0 Å². The summed E-state index contributed by atoms with van der Waals surface area (Å²) in [5.74, 6) is -0.705. The van der Waals surface area contributed by atoms with E-state index in [-0.39, 0.29) is 9.77 Å². The van der Waals surface area contributed by atoms with Gasteiger partial charge in [-0.1, -0.05) is 23.2 Å². The van der Waals surface area contributed by atoms with E-state index in [2.05, 4.69) is 0 Å². The predicted molar refractivity (Wildman–Crippen MR) is 80.2 cm³/mol. The Morgan fingerprint density at radius 1 is 1.20 bits per heavy atom. The van der Waals surface area contributed by atoms with Crippen molar-refractivity contribution < 1.29 is 13.2 Å². The molecule has 0 fully saturated rings. The molecule has 4 nitrogen and oxygen atoms in total. The van der Waals surface area contributed by atoms with Gasteiger partial charge >= 0.3 is 0 Å². The number of hydrogen-bond donors (Lipinski definition) is 1. The number of rotatable bonds is 3. The molecule has 0 aliphatic rings. The zero-order chi connectivity index (χ0) is 14.9. The van der Waals surface area contributed by atoms with Gasteiger partial charge in [0.15, 0.2) is 0 Å². The largest absolute Gasteiger partial charge is 0.273 e. The number of carbonyl (C=O) groups excluding carboxylic acids is 1. The van der Waals surface area contributed by atoms with Crippen molar-refractivity contribution in [2.45, 2.75) is 11.1 Å². The van der Waals surface area contributed by atoms with Crippen molar-refractivity contribution >= 4 is 50.5 Å². The number of thiophene rings is 1. The number of hydrogen-bond acceptors (Lipinski definition) is 4. The van der Waals surface area contributed by atoms with E-state index in [0.717, 1.165) is 11.3 Å².